The smallest absolute Gasteiger partial charge is 0.254 e. The molecule has 0 aliphatic carbocycles. The van der Waals surface area contributed by atoms with Gasteiger partial charge in [0.25, 0.3) is 5.91 Å². The van der Waals surface area contributed by atoms with E-state index in [-0.39, 0.29) is 12.0 Å². The predicted molar refractivity (Wildman–Crippen MR) is 90.9 cm³/mol. The van der Waals surface area contributed by atoms with Crippen molar-refractivity contribution in [2.45, 2.75) is 19.1 Å². The Morgan fingerprint density at radius 2 is 2.40 bits per heavy atom. The highest BCUT2D eigenvalue weighted by Gasteiger charge is 2.40. The first-order valence-electron chi connectivity index (χ1n) is 8.82. The second-order valence-corrected chi connectivity index (χ2v) is 7.01. The average molecular weight is 344 g/mol. The molecular weight excluding hydrogens is 320 g/mol. The Labute approximate surface area is 146 Å². The summed E-state index contributed by atoms with van der Waals surface area (Å²) in [5, 5.41) is 7.02. The van der Waals surface area contributed by atoms with E-state index in [1.165, 1.54) is 0 Å². The van der Waals surface area contributed by atoms with Crippen molar-refractivity contribution in [3.8, 4) is 0 Å². The van der Waals surface area contributed by atoms with Gasteiger partial charge in [0.05, 0.1) is 37.3 Å². The molecule has 3 atom stereocenters. The molecule has 1 N–H and O–H groups in total. The van der Waals surface area contributed by atoms with Crippen molar-refractivity contribution in [2.24, 2.45) is 18.9 Å². The third-order valence-corrected chi connectivity index (χ3v) is 5.27. The molecule has 25 heavy (non-hydrogen) atoms. The molecule has 134 valence electrons. The van der Waals surface area contributed by atoms with E-state index >= 15 is 0 Å². The molecule has 0 unspecified atom stereocenters. The normalized spacial score (nSPS) is 26.5. The van der Waals surface area contributed by atoms with Crippen molar-refractivity contribution < 1.29 is 13.9 Å². The average Bonchev–Trinajstić information content (AvgIpc) is 3.34. The van der Waals surface area contributed by atoms with E-state index in [4.69, 9.17) is 9.15 Å². The van der Waals surface area contributed by atoms with Crippen molar-refractivity contribution in [3.05, 3.63) is 42.1 Å². The van der Waals surface area contributed by atoms with Gasteiger partial charge in [0.15, 0.2) is 0 Å². The summed E-state index contributed by atoms with van der Waals surface area (Å²) in [7, 11) is 1.80. The maximum absolute atomic E-state index is 12.2. The second-order valence-electron chi connectivity index (χ2n) is 7.01. The van der Waals surface area contributed by atoms with E-state index in [1.54, 1.807) is 30.4 Å². The molecular formula is C18H24N4O3. The van der Waals surface area contributed by atoms with Crippen LogP contribution in [-0.4, -0.2) is 52.9 Å². The van der Waals surface area contributed by atoms with E-state index in [9.17, 15) is 4.79 Å². The maximum Gasteiger partial charge on any atom is 0.254 e. The number of fused-ring (bicyclic) bond motifs is 1. The Morgan fingerprint density at radius 1 is 1.48 bits per heavy atom. The van der Waals surface area contributed by atoms with Crippen LogP contribution in [-0.2, 0) is 18.3 Å². The number of carbonyl (C=O) groups is 1. The van der Waals surface area contributed by atoms with Gasteiger partial charge in [0.1, 0.15) is 5.76 Å². The quantitative estimate of drug-likeness (QED) is 0.885. The molecule has 2 aromatic rings. The van der Waals surface area contributed by atoms with Crippen molar-refractivity contribution >= 4 is 5.91 Å². The molecule has 0 bridgehead atoms. The monoisotopic (exact) mass is 344 g/mol. The van der Waals surface area contributed by atoms with Crippen molar-refractivity contribution in [3.63, 3.8) is 0 Å². The van der Waals surface area contributed by atoms with Crippen LogP contribution < -0.4 is 5.32 Å². The number of aromatic nitrogens is 2. The lowest BCUT2D eigenvalue weighted by Crippen LogP contribution is -2.43. The summed E-state index contributed by atoms with van der Waals surface area (Å²) in [6.45, 7) is 4.26. The topological polar surface area (TPSA) is 72.5 Å². The van der Waals surface area contributed by atoms with Gasteiger partial charge in [-0.3, -0.25) is 14.4 Å². The van der Waals surface area contributed by atoms with Crippen LogP contribution in [0.2, 0.25) is 0 Å². The van der Waals surface area contributed by atoms with Crippen LogP contribution in [0, 0.1) is 11.8 Å². The molecule has 2 aliphatic heterocycles. The van der Waals surface area contributed by atoms with Gasteiger partial charge in [0, 0.05) is 32.3 Å². The number of hydrogen-bond acceptors (Lipinski definition) is 5. The number of carbonyl (C=O) groups excluding carboxylic acids is 1. The number of furan rings is 1. The number of nitrogens with zero attached hydrogens (tertiary/aromatic N) is 3. The van der Waals surface area contributed by atoms with Gasteiger partial charge in [0.2, 0.25) is 0 Å². The molecule has 1 amide bonds. The highest BCUT2D eigenvalue weighted by Crippen LogP contribution is 2.34. The SMILES string of the molecule is Cn1cc(C(=O)NC[C@@H]2OC[C@H]3CN(Cc4ccco4)CC[C@H]32)cn1. The number of piperidine rings is 1. The maximum atomic E-state index is 12.2. The van der Waals surface area contributed by atoms with Gasteiger partial charge in [-0.1, -0.05) is 0 Å². The molecule has 0 aromatic carbocycles. The molecule has 0 saturated carbocycles. The molecule has 0 spiro atoms. The van der Waals surface area contributed by atoms with Crippen molar-refractivity contribution in [1.29, 1.82) is 0 Å². The van der Waals surface area contributed by atoms with Crippen LogP contribution in [0.1, 0.15) is 22.5 Å². The van der Waals surface area contributed by atoms with Crippen molar-refractivity contribution in [1.82, 2.24) is 20.0 Å². The van der Waals surface area contributed by atoms with Gasteiger partial charge >= 0.3 is 0 Å². The molecule has 2 saturated heterocycles. The zero-order valence-electron chi connectivity index (χ0n) is 14.4. The lowest BCUT2D eigenvalue weighted by atomic mass is 9.84. The molecule has 2 aromatic heterocycles. The number of likely N-dealkylation sites (tertiary alicyclic amines) is 1. The lowest BCUT2D eigenvalue weighted by Gasteiger charge is -2.35. The number of ether oxygens (including phenoxy) is 1. The lowest BCUT2D eigenvalue weighted by molar-refractivity contribution is 0.0740. The Hall–Kier alpha value is -2.12. The Bertz CT molecular complexity index is 712. The van der Waals surface area contributed by atoms with E-state index in [1.807, 2.05) is 12.1 Å². The van der Waals surface area contributed by atoms with Gasteiger partial charge in [-0.25, -0.2) is 0 Å². The van der Waals surface area contributed by atoms with E-state index < -0.39 is 0 Å². The fourth-order valence-electron chi connectivity index (χ4n) is 3.97. The first-order chi connectivity index (χ1) is 12.2. The van der Waals surface area contributed by atoms with Crippen LogP contribution >= 0.6 is 0 Å². The van der Waals surface area contributed by atoms with E-state index in [0.717, 1.165) is 38.4 Å². The van der Waals surface area contributed by atoms with Crippen LogP contribution in [0.3, 0.4) is 0 Å². The minimum absolute atomic E-state index is 0.0876. The van der Waals surface area contributed by atoms with Crippen molar-refractivity contribution in [2.75, 3.05) is 26.2 Å². The number of nitrogens with one attached hydrogen (secondary N) is 1. The van der Waals surface area contributed by atoms with Gasteiger partial charge < -0.3 is 14.5 Å². The first kappa shape index (κ1) is 16.4. The molecule has 7 nitrogen and oxygen atoms in total. The minimum Gasteiger partial charge on any atom is -0.468 e. The predicted octanol–water partition coefficient (Wildman–Crippen LogP) is 1.28. The summed E-state index contributed by atoms with van der Waals surface area (Å²) in [5.74, 6) is 1.97. The summed E-state index contributed by atoms with van der Waals surface area (Å²) in [5.41, 5.74) is 0.588. The van der Waals surface area contributed by atoms with Crippen LogP contribution in [0.4, 0.5) is 0 Å². The summed E-state index contributed by atoms with van der Waals surface area (Å²) in [6.07, 6.45) is 6.23. The minimum atomic E-state index is -0.0876. The Kier molecular flexibility index (Phi) is 4.59. The van der Waals surface area contributed by atoms with Crippen LogP contribution in [0.15, 0.2) is 35.2 Å². The largest absolute Gasteiger partial charge is 0.468 e. The zero-order chi connectivity index (χ0) is 17.2. The second kappa shape index (κ2) is 7.01. The highest BCUT2D eigenvalue weighted by molar-refractivity contribution is 5.93. The summed E-state index contributed by atoms with van der Waals surface area (Å²) >= 11 is 0. The van der Waals surface area contributed by atoms with Crippen LogP contribution in [0.25, 0.3) is 0 Å². The standard InChI is InChI=1S/C18H24N4O3/c1-21-9-13(7-20-21)18(23)19-8-17-16-4-5-22(10-14(16)12-25-17)11-15-3-2-6-24-15/h2-3,6-7,9,14,16-17H,4-5,8,10-12H2,1H3,(H,19,23)/t14-,16-,17+/m1/s1. The number of rotatable bonds is 5. The van der Waals surface area contributed by atoms with Gasteiger partial charge in [-0.2, -0.15) is 5.10 Å². The summed E-state index contributed by atoms with van der Waals surface area (Å²) in [6, 6.07) is 3.95. The highest BCUT2D eigenvalue weighted by atomic mass is 16.5. The summed E-state index contributed by atoms with van der Waals surface area (Å²) in [4.78, 5) is 14.6. The third-order valence-electron chi connectivity index (χ3n) is 5.27. The molecule has 7 heteroatoms. The zero-order valence-corrected chi connectivity index (χ0v) is 14.4. The van der Waals surface area contributed by atoms with Gasteiger partial charge in [-0.05, 0) is 31.0 Å². The molecule has 2 aliphatic rings. The van der Waals surface area contributed by atoms with E-state index in [2.05, 4.69) is 15.3 Å². The fraction of sp³-hybridized carbons (Fsp3) is 0.556. The Morgan fingerprint density at radius 3 is 3.16 bits per heavy atom. The molecule has 0 radical (unpaired) electrons. The summed E-state index contributed by atoms with van der Waals surface area (Å²) < 4.78 is 13.1. The number of aryl methyl sites for hydroxylation is 1. The van der Waals surface area contributed by atoms with Gasteiger partial charge in [-0.15, -0.1) is 0 Å². The third kappa shape index (κ3) is 3.62. The Balaban J connectivity index is 1.28. The fourth-order valence-corrected chi connectivity index (χ4v) is 3.97. The number of amides is 1. The molecule has 4 rings (SSSR count). The number of hydrogen-bond donors (Lipinski definition) is 1. The molecule has 4 heterocycles. The first-order valence-corrected chi connectivity index (χ1v) is 8.82. The molecule has 2 fully saturated rings. The van der Waals surface area contributed by atoms with E-state index in [0.29, 0.717) is 23.9 Å². The van der Waals surface area contributed by atoms with Crippen LogP contribution in [0.5, 0.6) is 0 Å².